The lowest BCUT2D eigenvalue weighted by atomic mass is 9.71. The number of aliphatic imine (C=N–C) groups is 1. The third-order valence-electron chi connectivity index (χ3n) is 9.00. The van der Waals surface area contributed by atoms with Gasteiger partial charge in [-0.05, 0) is 81.3 Å². The SMILES string of the molecule is CCOc1ccccc1C1=NC(C)(c2ccc(Cl)cc2)C(C)(c2ccc(Cl)cc2)N1C(=O)N1CCN(CCCS(C)(=O)=O)CC1. The lowest BCUT2D eigenvalue weighted by Gasteiger charge is -2.47. The van der Waals surface area contributed by atoms with E-state index in [1.807, 2.05) is 89.5 Å². The van der Waals surface area contributed by atoms with Gasteiger partial charge in [-0.2, -0.15) is 0 Å². The van der Waals surface area contributed by atoms with Gasteiger partial charge in [-0.25, -0.2) is 13.2 Å². The van der Waals surface area contributed by atoms with Crippen LogP contribution in [-0.2, 0) is 20.9 Å². The molecule has 0 aliphatic carbocycles. The van der Waals surface area contributed by atoms with E-state index in [-0.39, 0.29) is 11.8 Å². The van der Waals surface area contributed by atoms with Gasteiger partial charge in [-0.3, -0.25) is 14.8 Å². The largest absolute Gasteiger partial charge is 0.493 e. The molecular weight excluding hydrogens is 631 g/mol. The molecule has 0 N–H and O–H groups in total. The van der Waals surface area contributed by atoms with E-state index in [9.17, 15) is 13.2 Å². The number of rotatable bonds is 9. The summed E-state index contributed by atoms with van der Waals surface area (Å²) in [5.74, 6) is 1.32. The van der Waals surface area contributed by atoms with Gasteiger partial charge in [0.2, 0.25) is 0 Å². The van der Waals surface area contributed by atoms with Crippen LogP contribution >= 0.6 is 23.2 Å². The Balaban J connectivity index is 1.60. The van der Waals surface area contributed by atoms with E-state index in [4.69, 9.17) is 32.9 Å². The summed E-state index contributed by atoms with van der Waals surface area (Å²) in [5, 5.41) is 1.21. The Morgan fingerprint density at radius 3 is 2.04 bits per heavy atom. The molecule has 8 nitrogen and oxygen atoms in total. The molecular formula is C34H40Cl2N4O4S. The molecule has 2 unspecified atom stereocenters. The molecule has 0 bridgehead atoms. The standard InChI is InChI=1S/C34H40Cl2N4O4S/c1-5-44-30-10-7-6-9-29(30)31-37-33(2,25-11-15-27(35)16-12-25)34(3,26-13-17-28(36)18-14-26)40(31)32(41)39-22-20-38(21-23-39)19-8-24-45(4,42)43/h6-7,9-18H,5,8,19-24H2,1-4H3. The summed E-state index contributed by atoms with van der Waals surface area (Å²) in [5.41, 5.74) is 0.601. The monoisotopic (exact) mass is 670 g/mol. The van der Waals surface area contributed by atoms with E-state index in [2.05, 4.69) is 18.7 Å². The van der Waals surface area contributed by atoms with Crippen LogP contribution in [0.15, 0.2) is 77.8 Å². The van der Waals surface area contributed by atoms with Crippen molar-refractivity contribution in [3.8, 4) is 5.75 Å². The molecule has 11 heteroatoms. The van der Waals surface area contributed by atoms with E-state index < -0.39 is 20.9 Å². The van der Waals surface area contributed by atoms with E-state index in [1.165, 1.54) is 6.26 Å². The maximum absolute atomic E-state index is 14.9. The first kappa shape index (κ1) is 33.3. The first-order chi connectivity index (χ1) is 21.4. The number of halogens is 2. The third kappa shape index (κ3) is 6.73. The fraction of sp³-hybridized carbons (Fsp3) is 0.412. The van der Waals surface area contributed by atoms with Crippen molar-refractivity contribution in [2.45, 2.75) is 38.3 Å². The zero-order valence-electron chi connectivity index (χ0n) is 26.2. The highest BCUT2D eigenvalue weighted by Crippen LogP contribution is 2.54. The number of benzene rings is 3. The number of hydrogen-bond donors (Lipinski definition) is 0. The minimum Gasteiger partial charge on any atom is -0.493 e. The second-order valence-electron chi connectivity index (χ2n) is 12.0. The molecule has 0 spiro atoms. The predicted octanol–water partition coefficient (Wildman–Crippen LogP) is 6.46. The molecule has 2 heterocycles. The van der Waals surface area contributed by atoms with Crippen LogP contribution in [0, 0.1) is 0 Å². The van der Waals surface area contributed by atoms with Crippen LogP contribution in [0.3, 0.4) is 0 Å². The van der Waals surface area contributed by atoms with Crippen molar-refractivity contribution in [2.75, 3.05) is 51.3 Å². The van der Waals surface area contributed by atoms with Crippen LogP contribution in [0.2, 0.25) is 10.0 Å². The van der Waals surface area contributed by atoms with Crippen LogP contribution < -0.4 is 4.74 Å². The topological polar surface area (TPSA) is 82.5 Å². The van der Waals surface area contributed by atoms with Gasteiger partial charge in [0.05, 0.1) is 17.9 Å². The van der Waals surface area contributed by atoms with Gasteiger partial charge in [0.15, 0.2) is 0 Å². The number of para-hydroxylation sites is 1. The van der Waals surface area contributed by atoms with Gasteiger partial charge in [0.25, 0.3) is 0 Å². The summed E-state index contributed by atoms with van der Waals surface area (Å²) in [4.78, 5) is 26.3. The fourth-order valence-corrected chi connectivity index (χ4v) is 7.26. The minimum absolute atomic E-state index is 0.154. The van der Waals surface area contributed by atoms with Crippen LogP contribution in [-0.4, -0.2) is 86.3 Å². The molecule has 0 aromatic heterocycles. The van der Waals surface area contributed by atoms with Crippen LogP contribution in [0.25, 0.3) is 0 Å². The summed E-state index contributed by atoms with van der Waals surface area (Å²) < 4.78 is 29.3. The van der Waals surface area contributed by atoms with Crippen molar-refractivity contribution in [3.63, 3.8) is 0 Å². The van der Waals surface area contributed by atoms with Crippen molar-refractivity contribution in [1.29, 1.82) is 0 Å². The molecule has 1 fully saturated rings. The van der Waals surface area contributed by atoms with Gasteiger partial charge in [-0.1, -0.05) is 59.6 Å². The lowest BCUT2D eigenvalue weighted by Crippen LogP contribution is -2.60. The Bertz CT molecular complexity index is 1660. The summed E-state index contributed by atoms with van der Waals surface area (Å²) in [6, 6.07) is 22.8. The Morgan fingerprint density at radius 1 is 0.889 bits per heavy atom. The first-order valence-electron chi connectivity index (χ1n) is 15.2. The Labute approximate surface area is 276 Å². The number of sulfone groups is 1. The second-order valence-corrected chi connectivity index (χ2v) is 15.1. The normalized spacial score (nSPS) is 22.4. The van der Waals surface area contributed by atoms with Crippen molar-refractivity contribution >= 4 is 44.9 Å². The van der Waals surface area contributed by atoms with Crippen molar-refractivity contribution in [2.24, 2.45) is 4.99 Å². The summed E-state index contributed by atoms with van der Waals surface area (Å²) >= 11 is 12.7. The van der Waals surface area contributed by atoms with Crippen molar-refractivity contribution < 1.29 is 17.9 Å². The number of piperazine rings is 1. The van der Waals surface area contributed by atoms with Gasteiger partial charge >= 0.3 is 6.03 Å². The van der Waals surface area contributed by atoms with Crippen molar-refractivity contribution in [3.05, 3.63) is 99.5 Å². The number of amides is 2. The average Bonchev–Trinajstić information content (AvgIpc) is 3.25. The summed E-state index contributed by atoms with van der Waals surface area (Å²) in [6.07, 6.45) is 1.83. The molecule has 3 aromatic rings. The van der Waals surface area contributed by atoms with E-state index in [0.717, 1.165) is 16.7 Å². The van der Waals surface area contributed by atoms with E-state index >= 15 is 0 Å². The summed E-state index contributed by atoms with van der Waals surface area (Å²) in [7, 11) is -3.02. The summed E-state index contributed by atoms with van der Waals surface area (Å²) in [6.45, 7) is 9.49. The molecule has 5 rings (SSSR count). The molecule has 0 radical (unpaired) electrons. The molecule has 3 aromatic carbocycles. The number of ether oxygens (including phenoxy) is 1. The Kier molecular flexibility index (Phi) is 9.84. The number of hydrogen-bond acceptors (Lipinski definition) is 6. The van der Waals surface area contributed by atoms with E-state index in [1.54, 1.807) is 0 Å². The lowest BCUT2D eigenvalue weighted by molar-refractivity contribution is 0.0868. The minimum atomic E-state index is -3.02. The van der Waals surface area contributed by atoms with Gasteiger partial charge in [-0.15, -0.1) is 0 Å². The van der Waals surface area contributed by atoms with Crippen LogP contribution in [0.1, 0.15) is 43.9 Å². The van der Waals surface area contributed by atoms with Crippen LogP contribution in [0.5, 0.6) is 5.75 Å². The maximum atomic E-state index is 14.9. The van der Waals surface area contributed by atoms with E-state index in [0.29, 0.717) is 67.4 Å². The second kappa shape index (κ2) is 13.3. The number of carbonyl (C=O) groups is 1. The van der Waals surface area contributed by atoms with Gasteiger partial charge in [0.1, 0.15) is 32.5 Å². The highest BCUT2D eigenvalue weighted by atomic mass is 35.5. The number of urea groups is 1. The fourth-order valence-electron chi connectivity index (χ4n) is 6.35. The molecule has 2 amide bonds. The number of nitrogens with zero attached hydrogens (tertiary/aromatic N) is 4. The zero-order valence-corrected chi connectivity index (χ0v) is 28.5. The molecule has 2 aliphatic rings. The first-order valence-corrected chi connectivity index (χ1v) is 18.0. The third-order valence-corrected chi connectivity index (χ3v) is 10.5. The maximum Gasteiger partial charge on any atom is 0.326 e. The zero-order chi connectivity index (χ0) is 32.4. The average molecular weight is 672 g/mol. The van der Waals surface area contributed by atoms with Crippen molar-refractivity contribution in [1.82, 2.24) is 14.7 Å². The predicted molar refractivity (Wildman–Crippen MR) is 181 cm³/mol. The van der Waals surface area contributed by atoms with Gasteiger partial charge in [0, 0.05) is 42.5 Å². The van der Waals surface area contributed by atoms with Crippen LogP contribution in [0.4, 0.5) is 4.79 Å². The number of amidine groups is 1. The number of carbonyl (C=O) groups excluding carboxylic acids is 1. The molecule has 0 saturated carbocycles. The molecule has 240 valence electrons. The molecule has 2 atom stereocenters. The smallest absolute Gasteiger partial charge is 0.326 e. The van der Waals surface area contributed by atoms with Gasteiger partial charge < -0.3 is 9.64 Å². The quantitative estimate of drug-likeness (QED) is 0.261. The highest BCUT2D eigenvalue weighted by Gasteiger charge is 2.60. The molecule has 45 heavy (non-hydrogen) atoms. The Hall–Kier alpha value is -3.11. The Morgan fingerprint density at radius 2 is 1.47 bits per heavy atom. The highest BCUT2D eigenvalue weighted by molar-refractivity contribution is 7.90. The molecule has 2 aliphatic heterocycles. The molecule has 1 saturated heterocycles.